The molecule has 0 unspecified atom stereocenters. The van der Waals surface area contributed by atoms with Crippen LogP contribution in [0, 0.1) is 36.0 Å². The number of terminal acetylenes is 1. The molecule has 0 aromatic rings. The highest BCUT2D eigenvalue weighted by Gasteiger charge is 2.61. The number of hydrogen-bond donors (Lipinski definition) is 2. The standard InChI is InChI=1S/C21H30N2O5/c1-5-6-7-10-28-22-14-11-15(24)18(25)16-12(14)8-9-13-17(16)20(27)23(19(13)26)21(2,3)4/h1,12-13,15-18,24-25H,6-11H2,2-4H3/b22-14+/t12-,13-,15-,16+,17-,18-/m1/s1. The van der Waals surface area contributed by atoms with Crippen LogP contribution >= 0.6 is 0 Å². The van der Waals surface area contributed by atoms with Crippen LogP contribution in [0.15, 0.2) is 5.16 Å². The van der Waals surface area contributed by atoms with Gasteiger partial charge in [-0.05, 0) is 40.0 Å². The minimum atomic E-state index is -1.06. The maximum absolute atomic E-state index is 13.2. The molecule has 0 aromatic heterocycles. The first kappa shape index (κ1) is 20.8. The lowest BCUT2D eigenvalue weighted by Gasteiger charge is -2.45. The average Bonchev–Trinajstić information content (AvgIpc) is 2.89. The minimum absolute atomic E-state index is 0.169. The first-order valence-electron chi connectivity index (χ1n) is 10.0. The Morgan fingerprint density at radius 2 is 1.89 bits per heavy atom. The van der Waals surface area contributed by atoms with Crippen LogP contribution in [0.2, 0.25) is 0 Å². The van der Waals surface area contributed by atoms with Crippen molar-refractivity contribution in [3.8, 4) is 12.3 Å². The van der Waals surface area contributed by atoms with Gasteiger partial charge >= 0.3 is 0 Å². The van der Waals surface area contributed by atoms with Crippen LogP contribution in [0.25, 0.3) is 0 Å². The fraction of sp³-hybridized carbons (Fsp3) is 0.762. The maximum Gasteiger partial charge on any atom is 0.233 e. The van der Waals surface area contributed by atoms with Crippen LogP contribution in [0.4, 0.5) is 0 Å². The summed E-state index contributed by atoms with van der Waals surface area (Å²) in [4.78, 5) is 32.8. The number of carbonyl (C=O) groups excluding carboxylic acids is 2. The summed E-state index contributed by atoms with van der Waals surface area (Å²) in [7, 11) is 0. The van der Waals surface area contributed by atoms with E-state index >= 15 is 0 Å². The lowest BCUT2D eigenvalue weighted by atomic mass is 9.60. The van der Waals surface area contributed by atoms with Gasteiger partial charge in [-0.25, -0.2) is 0 Å². The summed E-state index contributed by atoms with van der Waals surface area (Å²) in [6.45, 7) is 5.88. The van der Waals surface area contributed by atoms with Gasteiger partial charge in [-0.2, -0.15) is 0 Å². The first-order valence-corrected chi connectivity index (χ1v) is 10.0. The predicted octanol–water partition coefficient (Wildman–Crippen LogP) is 1.32. The number of imide groups is 1. The van der Waals surface area contributed by atoms with Crippen molar-refractivity contribution in [2.24, 2.45) is 28.8 Å². The zero-order valence-corrected chi connectivity index (χ0v) is 16.8. The van der Waals surface area contributed by atoms with Gasteiger partial charge in [0.15, 0.2) is 0 Å². The van der Waals surface area contributed by atoms with Gasteiger partial charge in [0.1, 0.15) is 6.61 Å². The third-order valence-electron chi connectivity index (χ3n) is 6.19. The molecule has 3 rings (SSSR count). The third kappa shape index (κ3) is 3.56. The zero-order valence-electron chi connectivity index (χ0n) is 16.8. The Hall–Kier alpha value is -1.91. The molecular weight excluding hydrogens is 360 g/mol. The van der Waals surface area contributed by atoms with Gasteiger partial charge in [0.25, 0.3) is 0 Å². The Bertz CT molecular complexity index is 705. The number of rotatable bonds is 4. The van der Waals surface area contributed by atoms with E-state index in [1.165, 1.54) is 4.90 Å². The van der Waals surface area contributed by atoms with E-state index in [1.54, 1.807) is 0 Å². The smallest absolute Gasteiger partial charge is 0.233 e. The lowest BCUT2D eigenvalue weighted by Crippen LogP contribution is -2.55. The molecule has 7 heteroatoms. The fourth-order valence-electron chi connectivity index (χ4n) is 5.00. The molecule has 7 nitrogen and oxygen atoms in total. The molecule has 6 atom stereocenters. The number of aliphatic hydroxyl groups is 2. The van der Waals surface area contributed by atoms with E-state index in [0.29, 0.717) is 38.0 Å². The number of nitrogens with zero attached hydrogens (tertiary/aromatic N) is 2. The quantitative estimate of drug-likeness (QED) is 0.326. The molecule has 2 aliphatic carbocycles. The van der Waals surface area contributed by atoms with Crippen molar-refractivity contribution in [1.82, 2.24) is 4.90 Å². The topological polar surface area (TPSA) is 99.4 Å². The number of likely N-dealkylation sites (tertiary alicyclic amines) is 1. The molecule has 0 aromatic carbocycles. The van der Waals surface area contributed by atoms with E-state index in [0.717, 1.165) is 0 Å². The molecule has 0 radical (unpaired) electrons. The summed E-state index contributed by atoms with van der Waals surface area (Å²) in [5.74, 6) is 0.352. The van der Waals surface area contributed by atoms with Crippen LogP contribution < -0.4 is 0 Å². The summed E-state index contributed by atoms with van der Waals surface area (Å²) in [6, 6.07) is 0. The van der Waals surface area contributed by atoms with E-state index in [-0.39, 0.29) is 24.2 Å². The lowest BCUT2D eigenvalue weighted by molar-refractivity contribution is -0.146. The molecule has 3 fully saturated rings. The Labute approximate surface area is 166 Å². The summed E-state index contributed by atoms with van der Waals surface area (Å²) < 4.78 is 0. The van der Waals surface area contributed by atoms with Crippen LogP contribution in [-0.2, 0) is 14.4 Å². The van der Waals surface area contributed by atoms with Gasteiger partial charge in [0, 0.05) is 30.2 Å². The third-order valence-corrected chi connectivity index (χ3v) is 6.19. The van der Waals surface area contributed by atoms with Crippen molar-refractivity contribution in [2.45, 2.75) is 70.6 Å². The molecule has 0 bridgehead atoms. The van der Waals surface area contributed by atoms with Crippen molar-refractivity contribution in [3.05, 3.63) is 0 Å². The van der Waals surface area contributed by atoms with Gasteiger partial charge in [0.2, 0.25) is 11.8 Å². The SMILES string of the molecule is C#CCCCO/N=C1\C[C@@H](O)[C@@H](O)[C@@H]2[C@@H]3C(=O)N(C(C)(C)C)C(=O)[C@@H]3CC[C@H]12. The van der Waals surface area contributed by atoms with Gasteiger partial charge in [-0.1, -0.05) is 5.16 Å². The van der Waals surface area contributed by atoms with E-state index in [2.05, 4.69) is 11.1 Å². The number of carbonyl (C=O) groups is 2. The highest BCUT2D eigenvalue weighted by molar-refractivity contribution is 6.06. The van der Waals surface area contributed by atoms with E-state index in [1.807, 2.05) is 20.8 Å². The molecule has 0 spiro atoms. The second kappa shape index (κ2) is 7.84. The van der Waals surface area contributed by atoms with Crippen molar-refractivity contribution in [3.63, 3.8) is 0 Å². The first-order chi connectivity index (χ1) is 13.2. The monoisotopic (exact) mass is 390 g/mol. The van der Waals surface area contributed by atoms with E-state index in [9.17, 15) is 19.8 Å². The number of fused-ring (bicyclic) bond motifs is 3. The number of unbranched alkanes of at least 4 members (excludes halogenated alkanes) is 1. The van der Waals surface area contributed by atoms with Gasteiger partial charge in [0.05, 0.1) is 29.8 Å². The normalized spacial score (nSPS) is 36.9. The molecule has 2 N–H and O–H groups in total. The maximum atomic E-state index is 13.2. The summed E-state index contributed by atoms with van der Waals surface area (Å²) in [6.07, 6.45) is 5.84. The molecule has 28 heavy (non-hydrogen) atoms. The molecule has 154 valence electrons. The number of oxime groups is 1. The van der Waals surface area contributed by atoms with Crippen LogP contribution in [-0.4, -0.2) is 57.0 Å². The molecule has 1 heterocycles. The zero-order chi connectivity index (χ0) is 20.6. The van der Waals surface area contributed by atoms with Crippen LogP contribution in [0.3, 0.4) is 0 Å². The average molecular weight is 390 g/mol. The number of hydrogen-bond acceptors (Lipinski definition) is 6. The summed E-state index contributed by atoms with van der Waals surface area (Å²) in [5.41, 5.74) is 0.0486. The van der Waals surface area contributed by atoms with Crippen molar-refractivity contribution < 1.29 is 24.6 Å². The van der Waals surface area contributed by atoms with Gasteiger partial charge in [-0.3, -0.25) is 14.5 Å². The number of amides is 2. The van der Waals surface area contributed by atoms with Crippen molar-refractivity contribution in [1.29, 1.82) is 0 Å². The fourth-order valence-corrected chi connectivity index (χ4v) is 5.00. The largest absolute Gasteiger partial charge is 0.396 e. The Balaban J connectivity index is 1.85. The van der Waals surface area contributed by atoms with Crippen LogP contribution in [0.1, 0.15) is 52.9 Å². The van der Waals surface area contributed by atoms with E-state index < -0.39 is 35.5 Å². The number of aliphatic hydroxyl groups excluding tert-OH is 2. The summed E-state index contributed by atoms with van der Waals surface area (Å²) in [5, 5.41) is 25.3. The predicted molar refractivity (Wildman–Crippen MR) is 103 cm³/mol. The minimum Gasteiger partial charge on any atom is -0.396 e. The molecule has 1 aliphatic heterocycles. The highest BCUT2D eigenvalue weighted by atomic mass is 16.6. The second-order valence-corrected chi connectivity index (χ2v) is 9.06. The van der Waals surface area contributed by atoms with Gasteiger partial charge < -0.3 is 15.1 Å². The van der Waals surface area contributed by atoms with Crippen molar-refractivity contribution in [2.75, 3.05) is 6.61 Å². The van der Waals surface area contributed by atoms with Crippen LogP contribution in [0.5, 0.6) is 0 Å². The Morgan fingerprint density at radius 3 is 2.54 bits per heavy atom. The van der Waals surface area contributed by atoms with Gasteiger partial charge in [-0.15, -0.1) is 12.3 Å². The molecule has 1 saturated heterocycles. The van der Waals surface area contributed by atoms with E-state index in [4.69, 9.17) is 11.3 Å². The molecule has 2 saturated carbocycles. The van der Waals surface area contributed by atoms with Crippen molar-refractivity contribution >= 4 is 17.5 Å². The summed E-state index contributed by atoms with van der Waals surface area (Å²) >= 11 is 0. The highest BCUT2D eigenvalue weighted by Crippen LogP contribution is 2.50. The second-order valence-electron chi connectivity index (χ2n) is 9.06. The molecular formula is C21H30N2O5. The molecule has 2 amide bonds. The Morgan fingerprint density at radius 1 is 1.21 bits per heavy atom. The Kier molecular flexibility index (Phi) is 5.83. The molecule has 3 aliphatic rings.